The molecule has 6 aromatic carbocycles. The molecule has 0 fully saturated rings. The Morgan fingerprint density at radius 1 is 0.585 bits per heavy atom. The molecule has 1 aromatic heterocycles. The van der Waals surface area contributed by atoms with Crippen LogP contribution in [0.4, 0.5) is 0 Å². The average Bonchev–Trinajstić information content (AvgIpc) is 3.18. The highest BCUT2D eigenvalue weighted by molar-refractivity contribution is 7.38. The van der Waals surface area contributed by atoms with Gasteiger partial charge in [-0.2, -0.15) is 4.67 Å². The van der Waals surface area contributed by atoms with Crippen LogP contribution in [0.3, 0.4) is 0 Å². The van der Waals surface area contributed by atoms with E-state index in [4.69, 9.17) is 8.39 Å². The Balaban J connectivity index is 1.58. The van der Waals surface area contributed by atoms with Gasteiger partial charge in [-0.25, -0.2) is 0 Å². The van der Waals surface area contributed by atoms with E-state index in [1.807, 2.05) is 0 Å². The summed E-state index contributed by atoms with van der Waals surface area (Å²) in [5, 5.41) is 6.90. The zero-order chi connectivity index (χ0) is 27.9. The number of hydrogen-bond donors (Lipinski definition) is 0. The molecule has 0 aliphatic heterocycles. The van der Waals surface area contributed by atoms with Crippen molar-refractivity contribution < 1.29 is 8.39 Å². The molecule has 0 N–H and O–H groups in total. The molecule has 41 heavy (non-hydrogen) atoms. The van der Waals surface area contributed by atoms with Gasteiger partial charge in [0.1, 0.15) is 11.2 Å². The van der Waals surface area contributed by atoms with E-state index in [0.29, 0.717) is 6.54 Å². The maximum Gasteiger partial charge on any atom is 0.310 e. The second-order valence-corrected chi connectivity index (χ2v) is 12.1. The zero-order valence-corrected chi connectivity index (χ0v) is 24.4. The van der Waals surface area contributed by atoms with Gasteiger partial charge in [0.05, 0.1) is 0 Å². The third kappa shape index (κ3) is 4.62. The molecule has 7 rings (SSSR count). The number of benzene rings is 6. The second-order valence-electron chi connectivity index (χ2n) is 10.8. The summed E-state index contributed by atoms with van der Waals surface area (Å²) in [4.78, 5) is 0. The summed E-state index contributed by atoms with van der Waals surface area (Å²) in [6.07, 6.45) is 0. The molecule has 0 unspecified atom stereocenters. The normalized spacial score (nSPS) is 12.5. The first-order chi connectivity index (χ1) is 20.1. The van der Waals surface area contributed by atoms with Crippen LogP contribution in [-0.4, -0.2) is 0 Å². The van der Waals surface area contributed by atoms with Crippen LogP contribution in [0.25, 0.3) is 43.5 Å². The van der Waals surface area contributed by atoms with E-state index < -0.39 is 8.16 Å². The van der Waals surface area contributed by atoms with E-state index in [-0.39, 0.29) is 6.04 Å². The van der Waals surface area contributed by atoms with Gasteiger partial charge in [-0.15, -0.1) is 0 Å². The summed E-state index contributed by atoms with van der Waals surface area (Å²) >= 11 is 0. The number of hydrogen-bond acceptors (Lipinski definition) is 3. The van der Waals surface area contributed by atoms with Crippen molar-refractivity contribution in [3.8, 4) is 0 Å². The smallest absolute Gasteiger partial charge is 0.310 e. The van der Waals surface area contributed by atoms with E-state index in [0.717, 1.165) is 21.9 Å². The van der Waals surface area contributed by atoms with Gasteiger partial charge in [-0.05, 0) is 76.7 Å². The molecule has 202 valence electrons. The number of aryl methyl sites for hydroxylation is 2. The minimum absolute atomic E-state index is 0.0623. The number of rotatable bonds is 5. The van der Waals surface area contributed by atoms with Crippen molar-refractivity contribution >= 4 is 51.6 Å². The predicted octanol–water partition coefficient (Wildman–Crippen LogP) is 11.1. The zero-order valence-electron chi connectivity index (χ0n) is 23.5. The Morgan fingerprint density at radius 3 is 1.66 bits per heavy atom. The minimum Gasteiger partial charge on any atom is -0.408 e. The summed E-state index contributed by atoms with van der Waals surface area (Å²) in [5.74, 6) is 0. The number of fused-ring (bicyclic) bond motifs is 7. The monoisotopic (exact) mass is 553 g/mol. The van der Waals surface area contributed by atoms with Crippen LogP contribution >= 0.6 is 8.16 Å². The van der Waals surface area contributed by atoms with Crippen LogP contribution in [-0.2, 0) is 6.54 Å². The molecule has 0 saturated carbocycles. The molecule has 0 aliphatic carbocycles. The van der Waals surface area contributed by atoms with Gasteiger partial charge in [0.15, 0.2) is 0 Å². The van der Waals surface area contributed by atoms with Crippen molar-refractivity contribution in [3.63, 3.8) is 0 Å². The van der Waals surface area contributed by atoms with Gasteiger partial charge in [-0.1, -0.05) is 109 Å². The third-order valence-corrected chi connectivity index (χ3v) is 9.90. The van der Waals surface area contributed by atoms with E-state index in [1.165, 1.54) is 43.8 Å². The van der Waals surface area contributed by atoms with Crippen molar-refractivity contribution in [2.75, 3.05) is 4.67 Å². The maximum atomic E-state index is 7.02. The largest absolute Gasteiger partial charge is 0.408 e. The quantitative estimate of drug-likeness (QED) is 0.212. The summed E-state index contributed by atoms with van der Waals surface area (Å²) in [5.41, 5.74) is 6.81. The highest BCUT2D eigenvalue weighted by Crippen LogP contribution is 2.45. The SMILES string of the molecule is Cc1cccc(C)c1CN([C@H](C)c1ccccc1)p1oc2ccc3ccccc3c2c2c(ccc3ccccc32)o1. The molecule has 0 aliphatic rings. The fraction of sp³-hybridized carbons (Fsp3) is 0.135. The van der Waals surface area contributed by atoms with Crippen molar-refractivity contribution in [2.45, 2.75) is 33.4 Å². The molecule has 0 spiro atoms. The first-order valence-electron chi connectivity index (χ1n) is 14.1. The molecule has 1 heterocycles. The fourth-order valence-electron chi connectivity index (χ4n) is 5.96. The van der Waals surface area contributed by atoms with E-state index in [9.17, 15) is 0 Å². The van der Waals surface area contributed by atoms with Crippen molar-refractivity contribution in [2.24, 2.45) is 0 Å². The Hall–Kier alpha value is -4.30. The van der Waals surface area contributed by atoms with E-state index in [1.54, 1.807) is 0 Å². The Bertz CT molecular complexity index is 1960. The lowest BCUT2D eigenvalue weighted by molar-refractivity contribution is 0.593. The van der Waals surface area contributed by atoms with Crippen LogP contribution in [0.2, 0.25) is 0 Å². The van der Waals surface area contributed by atoms with Gasteiger partial charge in [0, 0.05) is 23.4 Å². The molecule has 1 atom stereocenters. The first kappa shape index (κ1) is 25.7. The second kappa shape index (κ2) is 10.6. The fourth-order valence-corrected chi connectivity index (χ4v) is 7.52. The Kier molecular flexibility index (Phi) is 6.63. The molecule has 0 amide bonds. The lowest BCUT2D eigenvalue weighted by Gasteiger charge is -2.27. The van der Waals surface area contributed by atoms with Crippen molar-refractivity contribution in [1.82, 2.24) is 0 Å². The standard InChI is InChI=1S/C37H32NO2P/c1-25-12-11-13-26(2)33(25)24-38(27(3)28-14-5-4-6-15-28)41-39-34-22-20-29-16-7-9-18-31(29)36(34)37-32-19-10-8-17-30(32)21-23-35(37)40-41/h4-23,27H,24H2,1-3H3/t27-/m1/s1. The molecule has 4 heteroatoms. The van der Waals surface area contributed by atoms with Gasteiger partial charge >= 0.3 is 8.16 Å². The van der Waals surface area contributed by atoms with Crippen molar-refractivity contribution in [1.29, 1.82) is 0 Å². The summed E-state index contributed by atoms with van der Waals surface area (Å²) in [6.45, 7) is 7.36. The Morgan fingerprint density at radius 2 is 1.10 bits per heavy atom. The number of nitrogens with zero attached hydrogens (tertiary/aromatic N) is 1. The molecule has 0 saturated heterocycles. The summed E-state index contributed by atoms with van der Waals surface area (Å²) in [7, 11) is -1.52. The van der Waals surface area contributed by atoms with Gasteiger partial charge < -0.3 is 8.39 Å². The first-order valence-corrected chi connectivity index (χ1v) is 15.3. The topological polar surface area (TPSA) is 29.5 Å². The molecular formula is C37H32NO2P. The van der Waals surface area contributed by atoms with Crippen LogP contribution in [0.5, 0.6) is 0 Å². The summed E-state index contributed by atoms with van der Waals surface area (Å²) < 4.78 is 16.4. The van der Waals surface area contributed by atoms with E-state index >= 15 is 0 Å². The molecule has 7 aromatic rings. The average molecular weight is 554 g/mol. The third-order valence-electron chi connectivity index (χ3n) is 8.29. The molecule has 3 nitrogen and oxygen atoms in total. The van der Waals surface area contributed by atoms with Crippen LogP contribution in [0, 0.1) is 13.8 Å². The van der Waals surface area contributed by atoms with Crippen LogP contribution in [0.15, 0.2) is 130 Å². The lowest BCUT2D eigenvalue weighted by Crippen LogP contribution is -2.24. The lowest BCUT2D eigenvalue weighted by atomic mass is 9.99. The highest BCUT2D eigenvalue weighted by atomic mass is 31.1. The maximum absolute atomic E-state index is 7.02. The van der Waals surface area contributed by atoms with Gasteiger partial charge in [0.2, 0.25) is 0 Å². The van der Waals surface area contributed by atoms with Gasteiger partial charge in [-0.3, -0.25) is 0 Å². The Labute approximate surface area is 241 Å². The van der Waals surface area contributed by atoms with Gasteiger partial charge in [0.25, 0.3) is 0 Å². The predicted molar refractivity (Wildman–Crippen MR) is 174 cm³/mol. The van der Waals surface area contributed by atoms with Crippen LogP contribution in [0.1, 0.15) is 35.2 Å². The summed E-state index contributed by atoms with van der Waals surface area (Å²) in [6, 6.07) is 42.9. The molecule has 0 bridgehead atoms. The molecular weight excluding hydrogens is 521 g/mol. The minimum atomic E-state index is -1.52. The van der Waals surface area contributed by atoms with Crippen molar-refractivity contribution in [3.05, 3.63) is 144 Å². The molecule has 0 radical (unpaired) electrons. The highest BCUT2D eigenvalue weighted by Gasteiger charge is 2.25. The van der Waals surface area contributed by atoms with Crippen LogP contribution < -0.4 is 4.67 Å². The van der Waals surface area contributed by atoms with E-state index in [2.05, 4.69) is 147 Å².